The summed E-state index contributed by atoms with van der Waals surface area (Å²) >= 11 is 0. The van der Waals surface area contributed by atoms with Crippen LogP contribution in [-0.2, 0) is 4.84 Å². The molecule has 0 rings (SSSR count). The second kappa shape index (κ2) is 10.7. The van der Waals surface area contributed by atoms with Crippen molar-refractivity contribution in [2.24, 2.45) is 5.90 Å². The maximum absolute atomic E-state index is 6.17. The maximum atomic E-state index is 6.17. The first-order chi connectivity index (χ1) is 2.56. The van der Waals surface area contributed by atoms with E-state index in [9.17, 15) is 0 Å². The summed E-state index contributed by atoms with van der Waals surface area (Å²) in [6.45, 7) is 0. The number of halogens is 1. The van der Waals surface area contributed by atoms with Crippen molar-refractivity contribution in [3.05, 3.63) is 0 Å². The third kappa shape index (κ3) is 73.4. The SMILES string of the molecule is Cl.[2H][13C]([2H])([2H])ON. The molecule has 0 fully saturated rings. The molecule has 2 N–H and O–H groups in total. The fourth-order valence-electron chi connectivity index (χ4n) is 0. The molecule has 0 aromatic rings. The average Bonchev–Trinajstić information content (AvgIpc) is 1.35. The minimum absolute atomic E-state index is 0. The standard InChI is InChI=1S/CH5NO.ClH/c1-3-2;/h2H2,1H3;1H/i1+1D3;. The van der Waals surface area contributed by atoms with Gasteiger partial charge in [0.15, 0.2) is 0 Å². The lowest BCUT2D eigenvalue weighted by molar-refractivity contribution is 0.206. The van der Waals surface area contributed by atoms with Crippen LogP contribution < -0.4 is 5.90 Å². The highest BCUT2D eigenvalue weighted by Gasteiger charge is 1.23. The third-order valence-corrected chi connectivity index (χ3v) is 0. The van der Waals surface area contributed by atoms with E-state index in [2.05, 4.69) is 10.7 Å². The molecule has 0 amide bonds. The largest absolute Gasteiger partial charge is 0.308 e. The fourth-order valence-corrected chi connectivity index (χ4v) is 0. The molecule has 2 nitrogen and oxygen atoms in total. The lowest BCUT2D eigenvalue weighted by atomic mass is 12.6. The van der Waals surface area contributed by atoms with Gasteiger partial charge in [0, 0.05) is 0 Å². The van der Waals surface area contributed by atoms with Crippen molar-refractivity contribution in [2.75, 3.05) is 7.04 Å². The molecule has 0 unspecified atom stereocenters. The predicted octanol–water partition coefficient (Wildman–Crippen LogP) is -0.0717. The summed E-state index contributed by atoms with van der Waals surface area (Å²) in [5.74, 6) is 4.24. The fraction of sp³-hybridized carbons (Fsp3) is 1.00. The van der Waals surface area contributed by atoms with Gasteiger partial charge in [0.1, 0.15) is 0 Å². The Morgan fingerprint density at radius 3 is 2.50 bits per heavy atom. The summed E-state index contributed by atoms with van der Waals surface area (Å²) in [6, 6.07) is 0. The molecular formula is CH6ClNO. The Bertz CT molecular complexity index is 44.7. The van der Waals surface area contributed by atoms with E-state index in [4.69, 9.17) is 4.11 Å². The normalized spacial score (nSPS) is 18.8. The van der Waals surface area contributed by atoms with E-state index < -0.39 is 7.04 Å². The molecule has 4 heavy (non-hydrogen) atoms. The summed E-state index contributed by atoms with van der Waals surface area (Å²) in [4.78, 5) is 3.44. The van der Waals surface area contributed by atoms with Gasteiger partial charge in [-0.25, -0.2) is 5.90 Å². The Morgan fingerprint density at radius 1 is 2.25 bits per heavy atom. The molecule has 0 aliphatic rings. The van der Waals surface area contributed by atoms with Crippen LogP contribution >= 0.6 is 12.4 Å². The van der Waals surface area contributed by atoms with Crippen molar-refractivity contribution in [1.82, 2.24) is 0 Å². The smallest absolute Gasteiger partial charge is 0.0569 e. The van der Waals surface area contributed by atoms with E-state index in [1.54, 1.807) is 0 Å². The minimum atomic E-state index is -2.43. The predicted molar refractivity (Wildman–Crippen MR) is 18.4 cm³/mol. The lowest BCUT2D eigenvalue weighted by Crippen LogP contribution is -1.86. The molecule has 0 saturated heterocycles. The van der Waals surface area contributed by atoms with E-state index in [-0.39, 0.29) is 12.4 Å². The van der Waals surface area contributed by atoms with Crippen LogP contribution in [0.15, 0.2) is 0 Å². The first kappa shape index (κ1) is 1.60. The van der Waals surface area contributed by atoms with Gasteiger partial charge in [-0.05, 0) is 0 Å². The summed E-state index contributed by atoms with van der Waals surface area (Å²) in [5.41, 5.74) is 0. The Hall–Kier alpha value is 0.210. The van der Waals surface area contributed by atoms with Crippen molar-refractivity contribution in [3.8, 4) is 0 Å². The van der Waals surface area contributed by atoms with E-state index >= 15 is 0 Å². The Morgan fingerprint density at radius 2 is 2.50 bits per heavy atom. The molecular weight excluding hydrogens is 78.5 g/mol. The highest BCUT2D eigenvalue weighted by atomic mass is 35.5. The zero-order valence-corrected chi connectivity index (χ0v) is 2.71. The topological polar surface area (TPSA) is 35.2 Å². The maximum Gasteiger partial charge on any atom is 0.0569 e. The molecule has 0 aliphatic carbocycles. The van der Waals surface area contributed by atoms with Crippen LogP contribution in [0.2, 0.25) is 0 Å². The molecule has 0 radical (unpaired) electrons. The molecule has 0 heterocycles. The summed E-state index contributed by atoms with van der Waals surface area (Å²) in [7, 11) is -2.43. The monoisotopic (exact) mass is 87.0 g/mol. The molecule has 0 atom stereocenters. The quantitative estimate of drug-likeness (QED) is 0.332. The Labute approximate surface area is 35.5 Å². The zero-order valence-electron chi connectivity index (χ0n) is 4.89. The van der Waals surface area contributed by atoms with E-state index in [0.29, 0.717) is 0 Å². The van der Waals surface area contributed by atoms with E-state index in [1.165, 1.54) is 0 Å². The molecule has 0 saturated carbocycles. The highest BCUT2D eigenvalue weighted by Crippen LogP contribution is 1.14. The Balaban J connectivity index is 0. The van der Waals surface area contributed by atoms with Crippen LogP contribution in [0, 0.1) is 0 Å². The van der Waals surface area contributed by atoms with Gasteiger partial charge >= 0.3 is 0 Å². The molecule has 3 heteroatoms. The van der Waals surface area contributed by atoms with Gasteiger partial charge in [-0.1, -0.05) is 0 Å². The van der Waals surface area contributed by atoms with Crippen molar-refractivity contribution in [1.29, 1.82) is 0 Å². The Kier molecular flexibility index (Phi) is 4.28. The van der Waals surface area contributed by atoms with Gasteiger partial charge in [-0.2, -0.15) is 0 Å². The summed E-state index contributed by atoms with van der Waals surface area (Å²) < 4.78 is 18.5. The number of nitrogens with two attached hydrogens (primary N) is 1. The van der Waals surface area contributed by atoms with Gasteiger partial charge < -0.3 is 4.84 Å². The second-order valence-electron chi connectivity index (χ2n) is 0.118. The lowest BCUT2D eigenvalue weighted by Gasteiger charge is -1.62. The molecule has 0 aromatic heterocycles. The van der Waals surface area contributed by atoms with Crippen molar-refractivity contribution >= 4 is 12.4 Å². The molecule has 0 spiro atoms. The number of hydrogen-bond donors (Lipinski definition) is 1. The summed E-state index contributed by atoms with van der Waals surface area (Å²) in [5, 5.41) is 0. The second-order valence-corrected chi connectivity index (χ2v) is 0.118. The zero-order chi connectivity index (χ0) is 5.21. The molecule has 0 bridgehead atoms. The minimum Gasteiger partial charge on any atom is -0.308 e. The first-order valence-corrected chi connectivity index (χ1v) is 0.440. The van der Waals surface area contributed by atoms with Gasteiger partial charge in [0.2, 0.25) is 0 Å². The molecule has 28 valence electrons. The van der Waals surface area contributed by atoms with Gasteiger partial charge in [0.05, 0.1) is 11.2 Å². The first-order valence-electron chi connectivity index (χ1n) is 1.94. The average molecular weight is 87.5 g/mol. The van der Waals surface area contributed by atoms with Crippen LogP contribution in [0.25, 0.3) is 0 Å². The van der Waals surface area contributed by atoms with Crippen LogP contribution in [-0.4, -0.2) is 7.04 Å². The number of hydrogen-bond acceptors (Lipinski definition) is 2. The number of rotatable bonds is 0. The summed E-state index contributed by atoms with van der Waals surface area (Å²) in [6.07, 6.45) is 0. The van der Waals surface area contributed by atoms with E-state index in [1.807, 2.05) is 0 Å². The van der Waals surface area contributed by atoms with Crippen LogP contribution in [0.3, 0.4) is 0 Å². The van der Waals surface area contributed by atoms with Crippen LogP contribution in [0.5, 0.6) is 0 Å². The van der Waals surface area contributed by atoms with Gasteiger partial charge in [0.25, 0.3) is 0 Å². The van der Waals surface area contributed by atoms with Crippen LogP contribution in [0.1, 0.15) is 4.11 Å². The van der Waals surface area contributed by atoms with Crippen molar-refractivity contribution in [3.63, 3.8) is 0 Å². The van der Waals surface area contributed by atoms with Gasteiger partial charge in [-0.15, -0.1) is 12.4 Å². The molecule has 0 aliphatic heterocycles. The van der Waals surface area contributed by atoms with E-state index in [0.717, 1.165) is 0 Å². The molecule has 0 aromatic carbocycles. The third-order valence-electron chi connectivity index (χ3n) is 0. The highest BCUT2D eigenvalue weighted by molar-refractivity contribution is 5.85. The van der Waals surface area contributed by atoms with Gasteiger partial charge in [-0.3, -0.25) is 0 Å². The van der Waals surface area contributed by atoms with Crippen molar-refractivity contribution < 1.29 is 8.95 Å². The van der Waals surface area contributed by atoms with Crippen LogP contribution in [0.4, 0.5) is 0 Å². The van der Waals surface area contributed by atoms with Crippen molar-refractivity contribution in [2.45, 2.75) is 0 Å².